The van der Waals surface area contributed by atoms with Crippen molar-refractivity contribution in [3.8, 4) is 12.3 Å². The van der Waals surface area contributed by atoms with Crippen LogP contribution in [0.2, 0.25) is 0 Å². The molecule has 0 aliphatic carbocycles. The summed E-state index contributed by atoms with van der Waals surface area (Å²) in [5, 5.41) is 0. The van der Waals surface area contributed by atoms with Crippen LogP contribution >= 0.6 is 0 Å². The second-order valence-corrected chi connectivity index (χ2v) is 4.26. The SMILES string of the molecule is C#CC1CCN(C)S(=O)N1C. The first kappa shape index (κ1) is 8.72. The first-order valence-electron chi connectivity index (χ1n) is 3.49. The molecular formula is C7H12N2OS. The van der Waals surface area contributed by atoms with Crippen LogP contribution in [0.3, 0.4) is 0 Å². The number of hydrogen-bond donors (Lipinski definition) is 0. The summed E-state index contributed by atoms with van der Waals surface area (Å²) in [6.45, 7) is 0.811. The summed E-state index contributed by atoms with van der Waals surface area (Å²) in [4.78, 5) is 0. The number of terminal acetylenes is 1. The van der Waals surface area contributed by atoms with E-state index in [2.05, 4.69) is 5.92 Å². The Labute approximate surface area is 70.1 Å². The smallest absolute Gasteiger partial charge is 0.173 e. The molecule has 0 aromatic carbocycles. The Morgan fingerprint density at radius 2 is 2.27 bits per heavy atom. The minimum Gasteiger partial charge on any atom is -0.225 e. The maximum atomic E-state index is 11.4. The average Bonchev–Trinajstić information content (AvgIpc) is 2.01. The van der Waals surface area contributed by atoms with Gasteiger partial charge in [0.25, 0.3) is 0 Å². The zero-order valence-electron chi connectivity index (χ0n) is 6.78. The van der Waals surface area contributed by atoms with Crippen LogP contribution in [-0.4, -0.2) is 39.5 Å². The minimum absolute atomic E-state index is 0.0343. The van der Waals surface area contributed by atoms with Gasteiger partial charge >= 0.3 is 0 Å². The molecule has 0 spiro atoms. The Morgan fingerprint density at radius 3 is 2.82 bits per heavy atom. The van der Waals surface area contributed by atoms with Gasteiger partial charge in [0.1, 0.15) is 0 Å². The summed E-state index contributed by atoms with van der Waals surface area (Å²) >= 11 is -1.04. The highest BCUT2D eigenvalue weighted by atomic mass is 32.2. The lowest BCUT2D eigenvalue weighted by atomic mass is 10.2. The molecule has 0 radical (unpaired) electrons. The van der Waals surface area contributed by atoms with Crippen LogP contribution in [0.4, 0.5) is 0 Å². The molecule has 4 heteroatoms. The van der Waals surface area contributed by atoms with Gasteiger partial charge in [0.05, 0.1) is 6.04 Å². The van der Waals surface area contributed by atoms with E-state index in [9.17, 15) is 4.21 Å². The van der Waals surface area contributed by atoms with Gasteiger partial charge in [0.2, 0.25) is 0 Å². The topological polar surface area (TPSA) is 23.6 Å². The Morgan fingerprint density at radius 1 is 1.64 bits per heavy atom. The van der Waals surface area contributed by atoms with Gasteiger partial charge in [-0.05, 0) is 6.42 Å². The van der Waals surface area contributed by atoms with Crippen LogP contribution in [0, 0.1) is 12.3 Å². The molecule has 11 heavy (non-hydrogen) atoms. The zero-order chi connectivity index (χ0) is 8.43. The van der Waals surface area contributed by atoms with E-state index in [1.54, 1.807) is 15.7 Å². The molecule has 2 atom stereocenters. The predicted octanol–water partition coefficient (Wildman–Crippen LogP) is -0.166. The zero-order valence-corrected chi connectivity index (χ0v) is 7.60. The molecule has 1 heterocycles. The Bertz CT molecular complexity index is 211. The normalized spacial score (nSPS) is 35.0. The van der Waals surface area contributed by atoms with E-state index in [0.717, 1.165) is 13.0 Å². The van der Waals surface area contributed by atoms with Crippen molar-refractivity contribution in [1.82, 2.24) is 8.61 Å². The predicted molar refractivity (Wildman–Crippen MR) is 45.8 cm³/mol. The van der Waals surface area contributed by atoms with Crippen LogP contribution in [0.1, 0.15) is 6.42 Å². The molecule has 2 unspecified atom stereocenters. The lowest BCUT2D eigenvalue weighted by molar-refractivity contribution is 0.334. The molecule has 62 valence electrons. The third-order valence-corrected chi connectivity index (χ3v) is 3.32. The monoisotopic (exact) mass is 172 g/mol. The van der Waals surface area contributed by atoms with Crippen molar-refractivity contribution in [2.75, 3.05) is 20.6 Å². The fourth-order valence-corrected chi connectivity index (χ4v) is 2.17. The summed E-state index contributed by atoms with van der Waals surface area (Å²) < 4.78 is 14.9. The molecule has 0 aromatic heterocycles. The van der Waals surface area contributed by atoms with Gasteiger partial charge < -0.3 is 0 Å². The van der Waals surface area contributed by atoms with Crippen LogP contribution in [0.5, 0.6) is 0 Å². The van der Waals surface area contributed by atoms with Crippen molar-refractivity contribution in [3.05, 3.63) is 0 Å². The van der Waals surface area contributed by atoms with Crippen molar-refractivity contribution in [1.29, 1.82) is 0 Å². The second kappa shape index (κ2) is 3.35. The molecule has 0 amide bonds. The first-order chi connectivity index (χ1) is 5.16. The summed E-state index contributed by atoms with van der Waals surface area (Å²) in [7, 11) is 3.62. The van der Waals surface area contributed by atoms with E-state index in [-0.39, 0.29) is 6.04 Å². The van der Waals surface area contributed by atoms with Crippen LogP contribution in [0.25, 0.3) is 0 Å². The molecule has 0 bridgehead atoms. The van der Waals surface area contributed by atoms with Crippen molar-refractivity contribution < 1.29 is 4.21 Å². The van der Waals surface area contributed by atoms with Gasteiger partial charge in [0, 0.05) is 20.6 Å². The molecule has 0 saturated carbocycles. The molecule has 0 N–H and O–H groups in total. The standard InChI is InChI=1S/C7H12N2OS/c1-4-7-5-6-8(2)11(10)9(7)3/h1,7H,5-6H2,2-3H3. The largest absolute Gasteiger partial charge is 0.225 e. The van der Waals surface area contributed by atoms with Crippen LogP contribution in [0.15, 0.2) is 0 Å². The van der Waals surface area contributed by atoms with Crippen molar-refractivity contribution in [2.45, 2.75) is 12.5 Å². The van der Waals surface area contributed by atoms with Gasteiger partial charge in [-0.25, -0.2) is 8.51 Å². The van der Waals surface area contributed by atoms with E-state index >= 15 is 0 Å². The van der Waals surface area contributed by atoms with E-state index < -0.39 is 11.2 Å². The highest BCUT2D eigenvalue weighted by molar-refractivity contribution is 7.80. The lowest BCUT2D eigenvalue weighted by Crippen LogP contribution is -2.46. The fourth-order valence-electron chi connectivity index (χ4n) is 1.08. The van der Waals surface area contributed by atoms with Gasteiger partial charge in [-0.15, -0.1) is 6.42 Å². The van der Waals surface area contributed by atoms with Gasteiger partial charge in [0.15, 0.2) is 11.2 Å². The third-order valence-electron chi connectivity index (χ3n) is 1.86. The Kier molecular flexibility index (Phi) is 2.66. The van der Waals surface area contributed by atoms with E-state index in [1.807, 2.05) is 7.05 Å². The Hall–Kier alpha value is -0.370. The maximum Gasteiger partial charge on any atom is 0.173 e. The van der Waals surface area contributed by atoms with Gasteiger partial charge in [-0.1, -0.05) is 5.92 Å². The summed E-state index contributed by atoms with van der Waals surface area (Å²) in [5.41, 5.74) is 0. The van der Waals surface area contributed by atoms with E-state index in [0.29, 0.717) is 0 Å². The molecule has 1 aliphatic rings. The molecule has 1 saturated heterocycles. The molecule has 1 rings (SSSR count). The number of rotatable bonds is 0. The number of hydrogen-bond acceptors (Lipinski definition) is 1. The van der Waals surface area contributed by atoms with Crippen LogP contribution in [-0.2, 0) is 11.2 Å². The number of nitrogens with zero attached hydrogens (tertiary/aromatic N) is 2. The van der Waals surface area contributed by atoms with E-state index in [4.69, 9.17) is 6.42 Å². The summed E-state index contributed by atoms with van der Waals surface area (Å²) in [6.07, 6.45) is 6.15. The molecule has 1 aliphatic heterocycles. The minimum atomic E-state index is -1.04. The molecule has 0 aromatic rings. The summed E-state index contributed by atoms with van der Waals surface area (Å²) in [6, 6.07) is 0.0343. The second-order valence-electron chi connectivity index (χ2n) is 2.60. The Balaban J connectivity index is 2.68. The van der Waals surface area contributed by atoms with Crippen LogP contribution < -0.4 is 0 Å². The van der Waals surface area contributed by atoms with Crippen molar-refractivity contribution in [2.24, 2.45) is 0 Å². The quantitative estimate of drug-likeness (QED) is 0.466. The maximum absolute atomic E-state index is 11.4. The average molecular weight is 172 g/mol. The third kappa shape index (κ3) is 1.62. The molecule has 1 fully saturated rings. The fraction of sp³-hybridized carbons (Fsp3) is 0.714. The van der Waals surface area contributed by atoms with Gasteiger partial charge in [-0.2, -0.15) is 4.31 Å². The van der Waals surface area contributed by atoms with E-state index in [1.165, 1.54) is 0 Å². The van der Waals surface area contributed by atoms with Crippen molar-refractivity contribution >= 4 is 11.2 Å². The first-order valence-corrected chi connectivity index (χ1v) is 4.55. The highest BCUT2D eigenvalue weighted by Crippen LogP contribution is 2.13. The molecule has 3 nitrogen and oxygen atoms in total. The van der Waals surface area contributed by atoms with Gasteiger partial charge in [-0.3, -0.25) is 0 Å². The van der Waals surface area contributed by atoms with Crippen molar-refractivity contribution in [3.63, 3.8) is 0 Å². The molecular weight excluding hydrogens is 160 g/mol. The highest BCUT2D eigenvalue weighted by Gasteiger charge is 2.26. The lowest BCUT2D eigenvalue weighted by Gasteiger charge is -2.32. The summed E-state index contributed by atoms with van der Waals surface area (Å²) in [5.74, 6) is 2.61.